The van der Waals surface area contributed by atoms with Crippen molar-refractivity contribution < 1.29 is 28.5 Å². The first-order chi connectivity index (χ1) is 30.4. The summed E-state index contributed by atoms with van der Waals surface area (Å²) in [6, 6.07) is 11.9. The highest BCUT2D eigenvalue weighted by molar-refractivity contribution is 7.12. The molecule has 2 aliphatic rings. The molecule has 2 aliphatic heterocycles. The van der Waals surface area contributed by atoms with Gasteiger partial charge in [-0.15, -0.1) is 22.7 Å². The van der Waals surface area contributed by atoms with Crippen LogP contribution in [0.25, 0.3) is 44.8 Å². The van der Waals surface area contributed by atoms with E-state index in [0.717, 1.165) is 55.4 Å². The zero-order chi connectivity index (χ0) is 45.8. The van der Waals surface area contributed by atoms with E-state index in [1.54, 1.807) is 53.3 Å². The Labute approximate surface area is 382 Å². The van der Waals surface area contributed by atoms with Crippen LogP contribution in [0, 0.1) is 0 Å². The van der Waals surface area contributed by atoms with Crippen LogP contribution in [0.5, 0.6) is 23.0 Å². The molecule has 4 aromatic heterocycles. The zero-order valence-electron chi connectivity index (χ0n) is 38.6. The van der Waals surface area contributed by atoms with Gasteiger partial charge >= 0.3 is 0 Å². The van der Waals surface area contributed by atoms with E-state index >= 15 is 0 Å². The van der Waals surface area contributed by atoms with Gasteiger partial charge in [-0.2, -0.15) is 10.2 Å². The standard InChI is InChI=1S/C49H55N7O6S2/c1-28(2)20-30-22-33-39(24-36(30)59-11)62-27-35-42(52-56(44(33)35)47-50-17-19-64-47)46(58)54(10)49(7,8)16-15-29(3)21-31-23-32-38(25-37(31)60-12)61-26-34-41(45(57)53(9)48(4,5)6)51-55(43(32)34)40-14-13-18-63-40/h13-14,17-25H,15-16,26-27H2,1-12H3/b29-21+. The monoisotopic (exact) mass is 901 g/mol. The summed E-state index contributed by atoms with van der Waals surface area (Å²) in [6.45, 7) is 16.7. The third-order valence-corrected chi connectivity index (χ3v) is 13.7. The molecule has 0 atom stereocenters. The van der Waals surface area contributed by atoms with Gasteiger partial charge in [0.05, 0.1) is 25.6 Å². The number of thiophene rings is 1. The van der Waals surface area contributed by atoms with E-state index in [-0.39, 0.29) is 25.0 Å². The average molecular weight is 902 g/mol. The minimum atomic E-state index is -0.569. The molecule has 0 saturated heterocycles. The predicted octanol–water partition coefficient (Wildman–Crippen LogP) is 10.7. The van der Waals surface area contributed by atoms with Gasteiger partial charge in [-0.3, -0.25) is 9.59 Å². The molecule has 6 aromatic rings. The van der Waals surface area contributed by atoms with Crippen LogP contribution in [0.1, 0.15) is 111 Å². The Hall–Kier alpha value is -6.19. The van der Waals surface area contributed by atoms with Crippen molar-refractivity contribution in [2.45, 2.75) is 92.5 Å². The van der Waals surface area contributed by atoms with Crippen LogP contribution >= 0.6 is 22.7 Å². The summed E-state index contributed by atoms with van der Waals surface area (Å²) in [4.78, 5) is 36.7. The lowest BCUT2D eigenvalue weighted by molar-refractivity contribution is 0.0601. The molecule has 13 nitrogen and oxygen atoms in total. The predicted molar refractivity (Wildman–Crippen MR) is 254 cm³/mol. The number of allylic oxidation sites excluding steroid dienone is 2. The third-order valence-electron chi connectivity index (χ3n) is 12.1. The fourth-order valence-corrected chi connectivity index (χ4v) is 9.22. The summed E-state index contributed by atoms with van der Waals surface area (Å²) >= 11 is 3.01. The van der Waals surface area contributed by atoms with Gasteiger partial charge in [-0.25, -0.2) is 14.3 Å². The number of aromatic nitrogens is 5. The van der Waals surface area contributed by atoms with E-state index in [2.05, 4.69) is 44.0 Å². The molecule has 0 N–H and O–H groups in total. The third kappa shape index (κ3) is 8.11. The van der Waals surface area contributed by atoms with Gasteiger partial charge in [-0.05, 0) is 97.9 Å². The molecule has 2 amide bonds. The molecule has 0 saturated carbocycles. The number of carbonyl (C=O) groups excluding carboxylic acids is 2. The maximum absolute atomic E-state index is 14.6. The minimum absolute atomic E-state index is 0.164. The Morgan fingerprint density at radius 2 is 1.34 bits per heavy atom. The Balaban J connectivity index is 1.09. The summed E-state index contributed by atoms with van der Waals surface area (Å²) in [7, 11) is 6.94. The molecule has 2 aromatic carbocycles. The molecule has 6 heterocycles. The highest BCUT2D eigenvalue weighted by atomic mass is 32.1. The highest BCUT2D eigenvalue weighted by Crippen LogP contribution is 2.46. The SMILES string of the molecule is COc1cc2c(cc1C=C(C)C)-c1c(c(C(=O)N(C)C(C)(C)CC/C(C)=C/c3cc4c(cc3OC)OCc3c(C(=O)N(C)C(C)(C)C)nn(-c5cccs5)c3-4)nn1-c1nccs1)CO2. The van der Waals surface area contributed by atoms with Gasteiger partial charge in [0.15, 0.2) is 11.4 Å². The Kier molecular flexibility index (Phi) is 11.8. The average Bonchev–Trinajstić information content (AvgIpc) is 4.10. The van der Waals surface area contributed by atoms with Crippen LogP contribution in [0.4, 0.5) is 0 Å². The Morgan fingerprint density at radius 3 is 1.86 bits per heavy atom. The molecular weight excluding hydrogens is 847 g/mol. The van der Waals surface area contributed by atoms with Crippen LogP contribution in [0.2, 0.25) is 0 Å². The van der Waals surface area contributed by atoms with Crippen molar-refractivity contribution >= 4 is 46.6 Å². The van der Waals surface area contributed by atoms with E-state index in [0.29, 0.717) is 57.9 Å². The van der Waals surface area contributed by atoms with Crippen molar-refractivity contribution in [1.29, 1.82) is 0 Å². The number of amides is 2. The largest absolute Gasteiger partial charge is 0.496 e. The fraction of sp³-hybridized carbons (Fsp3) is 0.367. The molecule has 15 heteroatoms. The summed E-state index contributed by atoms with van der Waals surface area (Å²) in [5.74, 6) is 2.31. The maximum atomic E-state index is 14.6. The molecule has 8 rings (SSSR count). The molecular formula is C49H55N7O6S2. The lowest BCUT2D eigenvalue weighted by Crippen LogP contribution is -2.45. The van der Waals surface area contributed by atoms with Crippen molar-refractivity contribution in [3.63, 3.8) is 0 Å². The van der Waals surface area contributed by atoms with Crippen molar-refractivity contribution in [3.05, 3.63) is 98.1 Å². The van der Waals surface area contributed by atoms with Crippen LogP contribution in [-0.4, -0.2) is 85.6 Å². The fourth-order valence-electron chi connectivity index (χ4n) is 7.94. The topological polar surface area (TPSA) is 126 Å². The molecule has 0 radical (unpaired) electrons. The number of benzene rings is 2. The molecule has 0 unspecified atom stereocenters. The van der Waals surface area contributed by atoms with Crippen molar-refractivity contribution in [1.82, 2.24) is 34.3 Å². The first kappa shape index (κ1) is 44.4. The van der Waals surface area contributed by atoms with E-state index in [4.69, 9.17) is 29.1 Å². The second-order valence-corrected chi connectivity index (χ2v) is 19.9. The van der Waals surface area contributed by atoms with Gasteiger partial charge in [-0.1, -0.05) is 23.3 Å². The molecule has 0 aliphatic carbocycles. The number of nitrogens with zero attached hydrogens (tertiary/aromatic N) is 7. The second kappa shape index (κ2) is 17.1. The lowest BCUT2D eigenvalue weighted by atomic mass is 9.92. The molecule has 334 valence electrons. The van der Waals surface area contributed by atoms with Gasteiger partial charge < -0.3 is 28.7 Å². The van der Waals surface area contributed by atoms with E-state index in [9.17, 15) is 9.59 Å². The second-order valence-electron chi connectivity index (χ2n) is 18.1. The quantitative estimate of drug-likeness (QED) is 0.118. The number of hydrogen-bond acceptors (Lipinski definition) is 11. The van der Waals surface area contributed by atoms with E-state index < -0.39 is 11.1 Å². The van der Waals surface area contributed by atoms with Crippen molar-refractivity contribution in [3.8, 4) is 55.6 Å². The van der Waals surface area contributed by atoms with Gasteiger partial charge in [0.25, 0.3) is 11.8 Å². The Morgan fingerprint density at radius 1 is 0.781 bits per heavy atom. The molecule has 64 heavy (non-hydrogen) atoms. The smallest absolute Gasteiger partial charge is 0.274 e. The summed E-state index contributed by atoms with van der Waals surface area (Å²) in [6.07, 6.45) is 7.28. The first-order valence-electron chi connectivity index (χ1n) is 21.2. The molecule has 0 fully saturated rings. The van der Waals surface area contributed by atoms with Crippen LogP contribution in [0.3, 0.4) is 0 Å². The van der Waals surface area contributed by atoms with Crippen LogP contribution < -0.4 is 18.9 Å². The van der Waals surface area contributed by atoms with Crippen LogP contribution in [0.15, 0.2) is 64.5 Å². The van der Waals surface area contributed by atoms with Crippen molar-refractivity contribution in [2.75, 3.05) is 28.3 Å². The number of thiazole rings is 1. The van der Waals surface area contributed by atoms with Gasteiger partial charge in [0, 0.05) is 82.3 Å². The molecule has 0 bridgehead atoms. The summed E-state index contributed by atoms with van der Waals surface area (Å²) < 4.78 is 27.9. The Bertz CT molecular complexity index is 2820. The van der Waals surface area contributed by atoms with Crippen LogP contribution in [-0.2, 0) is 13.2 Å². The highest BCUT2D eigenvalue weighted by Gasteiger charge is 2.37. The van der Waals surface area contributed by atoms with Gasteiger partial charge in [0.2, 0.25) is 5.13 Å². The van der Waals surface area contributed by atoms with Gasteiger partial charge in [0.1, 0.15) is 41.2 Å². The van der Waals surface area contributed by atoms with Crippen molar-refractivity contribution in [2.24, 2.45) is 0 Å². The summed E-state index contributed by atoms with van der Waals surface area (Å²) in [5.41, 5.74) is 8.42. The first-order valence-corrected chi connectivity index (χ1v) is 22.9. The number of ether oxygens (including phenoxy) is 4. The summed E-state index contributed by atoms with van der Waals surface area (Å²) in [5, 5.41) is 15.3. The number of rotatable bonds is 12. The number of hydrogen-bond donors (Lipinski definition) is 0. The molecule has 0 spiro atoms. The zero-order valence-corrected chi connectivity index (χ0v) is 40.2. The van der Waals surface area contributed by atoms with E-state index in [1.807, 2.05) is 87.4 Å². The number of fused-ring (bicyclic) bond motifs is 6. The number of methoxy groups -OCH3 is 2. The normalized spacial score (nSPS) is 13.2. The number of carbonyl (C=O) groups is 2. The lowest BCUT2D eigenvalue weighted by Gasteiger charge is -2.36. The minimum Gasteiger partial charge on any atom is -0.496 e. The van der Waals surface area contributed by atoms with E-state index in [1.165, 1.54) is 11.3 Å². The maximum Gasteiger partial charge on any atom is 0.274 e.